The predicted molar refractivity (Wildman–Crippen MR) is 113 cm³/mol. The van der Waals surface area contributed by atoms with Gasteiger partial charge in [0.15, 0.2) is 0 Å². The maximum Gasteiger partial charge on any atom is 0.253 e. The topological polar surface area (TPSA) is 40.6 Å². The van der Waals surface area contributed by atoms with E-state index >= 15 is 0 Å². The van der Waals surface area contributed by atoms with E-state index in [4.69, 9.17) is 0 Å². The standard InChI is InChI=1S/C24H28N2O2/c1-14-12-15(2)19(16(3)13-14)26-21(27)20-23(4,5)17-10-8-9-11-18(17)25(20)22(28)24(26,6)7/h8-13,20H,1-7H3. The van der Waals surface area contributed by atoms with Crippen LogP contribution in [-0.2, 0) is 15.0 Å². The van der Waals surface area contributed by atoms with Gasteiger partial charge in [-0.05, 0) is 57.4 Å². The number of piperazine rings is 1. The Labute approximate surface area is 167 Å². The molecule has 0 saturated carbocycles. The number of nitrogens with zero attached hydrogens (tertiary/aromatic N) is 2. The van der Waals surface area contributed by atoms with E-state index in [2.05, 4.69) is 32.9 Å². The molecule has 2 aliphatic heterocycles. The van der Waals surface area contributed by atoms with Gasteiger partial charge in [-0.1, -0.05) is 49.7 Å². The molecule has 0 bridgehead atoms. The van der Waals surface area contributed by atoms with Gasteiger partial charge in [0.2, 0.25) is 0 Å². The molecule has 2 aromatic carbocycles. The number of hydrogen-bond donors (Lipinski definition) is 0. The van der Waals surface area contributed by atoms with Crippen molar-refractivity contribution in [1.29, 1.82) is 0 Å². The minimum absolute atomic E-state index is 0.0131. The molecule has 1 fully saturated rings. The molecule has 4 heteroatoms. The smallest absolute Gasteiger partial charge is 0.253 e. The number of aryl methyl sites for hydroxylation is 3. The molecule has 0 N–H and O–H groups in total. The Morgan fingerprint density at radius 2 is 1.46 bits per heavy atom. The quantitative estimate of drug-likeness (QED) is 0.739. The molecule has 0 aliphatic carbocycles. The van der Waals surface area contributed by atoms with Gasteiger partial charge in [0.05, 0.1) is 5.69 Å². The van der Waals surface area contributed by atoms with Gasteiger partial charge in [0, 0.05) is 11.1 Å². The summed E-state index contributed by atoms with van der Waals surface area (Å²) in [7, 11) is 0. The molecule has 2 aromatic rings. The second kappa shape index (κ2) is 5.69. The van der Waals surface area contributed by atoms with E-state index in [9.17, 15) is 9.59 Å². The van der Waals surface area contributed by atoms with Gasteiger partial charge in [0.1, 0.15) is 11.6 Å². The van der Waals surface area contributed by atoms with Gasteiger partial charge in [-0.3, -0.25) is 19.4 Å². The molecule has 2 amide bonds. The molecular weight excluding hydrogens is 348 g/mol. The van der Waals surface area contributed by atoms with Crippen LogP contribution in [0.1, 0.15) is 49.9 Å². The van der Waals surface area contributed by atoms with E-state index < -0.39 is 17.0 Å². The maximum absolute atomic E-state index is 14.0. The number of carbonyl (C=O) groups excluding carboxylic acids is 2. The Hall–Kier alpha value is -2.62. The zero-order valence-electron chi connectivity index (χ0n) is 17.8. The first-order valence-electron chi connectivity index (χ1n) is 9.84. The summed E-state index contributed by atoms with van der Waals surface area (Å²) in [4.78, 5) is 31.2. The highest BCUT2D eigenvalue weighted by Gasteiger charge is 2.61. The van der Waals surface area contributed by atoms with Crippen molar-refractivity contribution in [2.45, 2.75) is 65.5 Å². The number of hydrogen-bond acceptors (Lipinski definition) is 2. The SMILES string of the molecule is Cc1cc(C)c(N2C(=O)C3N(C(=O)C2(C)C)c2ccccc2C3(C)C)c(C)c1. The minimum Gasteiger partial charge on any atom is -0.297 e. The molecule has 0 radical (unpaired) electrons. The third-order valence-corrected chi connectivity index (χ3v) is 6.41. The normalized spacial score (nSPS) is 22.3. The van der Waals surface area contributed by atoms with Gasteiger partial charge in [-0.15, -0.1) is 0 Å². The van der Waals surface area contributed by atoms with Crippen LogP contribution in [0.2, 0.25) is 0 Å². The molecular formula is C24H28N2O2. The van der Waals surface area contributed by atoms with E-state index in [-0.39, 0.29) is 11.8 Å². The van der Waals surface area contributed by atoms with Crippen molar-refractivity contribution >= 4 is 23.2 Å². The second-order valence-corrected chi connectivity index (χ2v) is 9.30. The molecule has 1 unspecified atom stereocenters. The van der Waals surface area contributed by atoms with Gasteiger partial charge in [-0.2, -0.15) is 0 Å². The highest BCUT2D eigenvalue weighted by Crippen LogP contribution is 2.50. The van der Waals surface area contributed by atoms with Crippen LogP contribution in [0.3, 0.4) is 0 Å². The first kappa shape index (κ1) is 18.7. The number of benzene rings is 2. The van der Waals surface area contributed by atoms with E-state index in [0.717, 1.165) is 33.6 Å². The summed E-state index contributed by atoms with van der Waals surface area (Å²) in [6.07, 6.45) is 0. The summed E-state index contributed by atoms with van der Waals surface area (Å²) in [5.41, 5.74) is 4.55. The van der Waals surface area contributed by atoms with Crippen molar-refractivity contribution in [2.24, 2.45) is 0 Å². The lowest BCUT2D eigenvalue weighted by atomic mass is 9.77. The average molecular weight is 377 g/mol. The summed E-state index contributed by atoms with van der Waals surface area (Å²) in [6, 6.07) is 11.5. The number of carbonyl (C=O) groups is 2. The van der Waals surface area contributed by atoms with Crippen LogP contribution < -0.4 is 9.80 Å². The Balaban J connectivity index is 1.95. The third-order valence-electron chi connectivity index (χ3n) is 6.41. The number of anilines is 2. The maximum atomic E-state index is 14.0. The fourth-order valence-electron chi connectivity index (χ4n) is 5.19. The van der Waals surface area contributed by atoms with E-state index in [1.807, 2.05) is 52.0 Å². The lowest BCUT2D eigenvalue weighted by molar-refractivity contribution is -0.134. The molecule has 1 atom stereocenters. The van der Waals surface area contributed by atoms with Gasteiger partial charge < -0.3 is 0 Å². The van der Waals surface area contributed by atoms with Crippen LogP contribution in [0.5, 0.6) is 0 Å². The molecule has 0 spiro atoms. The van der Waals surface area contributed by atoms with Crippen LogP contribution >= 0.6 is 0 Å². The number of amides is 2. The summed E-state index contributed by atoms with van der Waals surface area (Å²) in [5.74, 6) is -0.0460. The Kier molecular flexibility index (Phi) is 3.81. The van der Waals surface area contributed by atoms with Crippen molar-refractivity contribution in [1.82, 2.24) is 0 Å². The first-order chi connectivity index (χ1) is 13.0. The number of para-hydroxylation sites is 1. The molecule has 2 heterocycles. The molecule has 0 aromatic heterocycles. The molecule has 28 heavy (non-hydrogen) atoms. The fourth-order valence-corrected chi connectivity index (χ4v) is 5.19. The third kappa shape index (κ3) is 2.24. The highest BCUT2D eigenvalue weighted by atomic mass is 16.2. The molecule has 4 rings (SSSR count). The summed E-state index contributed by atoms with van der Waals surface area (Å²) < 4.78 is 0. The monoisotopic (exact) mass is 376 g/mol. The Morgan fingerprint density at radius 3 is 2.07 bits per heavy atom. The van der Waals surface area contributed by atoms with Crippen LogP contribution in [-0.4, -0.2) is 23.4 Å². The van der Waals surface area contributed by atoms with Crippen LogP contribution in [0.4, 0.5) is 11.4 Å². The van der Waals surface area contributed by atoms with Gasteiger partial charge in [-0.25, -0.2) is 0 Å². The summed E-state index contributed by atoms with van der Waals surface area (Å²) in [5, 5.41) is 0. The molecule has 2 aliphatic rings. The number of fused-ring (bicyclic) bond motifs is 3. The van der Waals surface area contributed by atoms with Crippen LogP contribution in [0.15, 0.2) is 36.4 Å². The minimum atomic E-state index is -0.966. The molecule has 4 nitrogen and oxygen atoms in total. The summed E-state index contributed by atoms with van der Waals surface area (Å²) >= 11 is 0. The predicted octanol–water partition coefficient (Wildman–Crippen LogP) is 4.43. The first-order valence-corrected chi connectivity index (χ1v) is 9.84. The lowest BCUT2D eigenvalue weighted by Gasteiger charge is -2.50. The molecule has 146 valence electrons. The van der Waals surface area contributed by atoms with Crippen LogP contribution in [0.25, 0.3) is 0 Å². The van der Waals surface area contributed by atoms with Crippen molar-refractivity contribution in [2.75, 3.05) is 9.80 Å². The van der Waals surface area contributed by atoms with Crippen molar-refractivity contribution < 1.29 is 9.59 Å². The summed E-state index contributed by atoms with van der Waals surface area (Å²) in [6.45, 7) is 13.9. The highest BCUT2D eigenvalue weighted by molar-refractivity contribution is 6.20. The largest absolute Gasteiger partial charge is 0.297 e. The Bertz CT molecular complexity index is 996. The van der Waals surface area contributed by atoms with Gasteiger partial charge in [0.25, 0.3) is 11.8 Å². The zero-order chi connectivity index (χ0) is 20.6. The second-order valence-electron chi connectivity index (χ2n) is 9.30. The lowest BCUT2D eigenvalue weighted by Crippen LogP contribution is -2.71. The van der Waals surface area contributed by atoms with Crippen molar-refractivity contribution in [3.8, 4) is 0 Å². The number of rotatable bonds is 1. The van der Waals surface area contributed by atoms with Crippen molar-refractivity contribution in [3.63, 3.8) is 0 Å². The van der Waals surface area contributed by atoms with Gasteiger partial charge >= 0.3 is 0 Å². The Morgan fingerprint density at radius 1 is 0.893 bits per heavy atom. The fraction of sp³-hybridized carbons (Fsp3) is 0.417. The van der Waals surface area contributed by atoms with E-state index in [1.54, 1.807) is 9.80 Å². The van der Waals surface area contributed by atoms with Crippen LogP contribution in [0, 0.1) is 20.8 Å². The van der Waals surface area contributed by atoms with E-state index in [0.29, 0.717) is 0 Å². The zero-order valence-corrected chi connectivity index (χ0v) is 17.8. The molecule has 1 saturated heterocycles. The van der Waals surface area contributed by atoms with E-state index in [1.165, 1.54) is 0 Å². The average Bonchev–Trinajstić information content (AvgIpc) is 2.83. The van der Waals surface area contributed by atoms with Crippen molar-refractivity contribution in [3.05, 3.63) is 58.7 Å².